The molecule has 1 heterocycles. The Kier molecular flexibility index (Phi) is 7.81. The molecule has 1 amide bonds. The number of amides is 1. The van der Waals surface area contributed by atoms with Gasteiger partial charge in [-0.25, -0.2) is 4.79 Å². The van der Waals surface area contributed by atoms with Gasteiger partial charge in [-0.15, -0.1) is 0 Å². The van der Waals surface area contributed by atoms with E-state index >= 15 is 0 Å². The minimum Gasteiger partial charge on any atom is -0.444 e. The molecule has 1 fully saturated rings. The second kappa shape index (κ2) is 8.88. The molecular weight excluding hydrogens is 292 g/mol. The first-order valence-corrected chi connectivity index (χ1v) is 9.08. The highest BCUT2D eigenvalue weighted by atomic mass is 16.6. The van der Waals surface area contributed by atoms with E-state index in [0.29, 0.717) is 0 Å². The zero-order chi connectivity index (χ0) is 17.5. The van der Waals surface area contributed by atoms with E-state index < -0.39 is 5.60 Å². The number of aliphatic hydroxyl groups is 1. The van der Waals surface area contributed by atoms with Crippen molar-refractivity contribution in [3.8, 4) is 0 Å². The van der Waals surface area contributed by atoms with Gasteiger partial charge in [-0.05, 0) is 59.4 Å². The fourth-order valence-corrected chi connectivity index (χ4v) is 3.10. The number of carbonyl (C=O) groups is 1. The Balaban J connectivity index is 2.40. The van der Waals surface area contributed by atoms with Gasteiger partial charge in [0.25, 0.3) is 0 Å². The first-order valence-electron chi connectivity index (χ1n) is 9.08. The molecule has 2 N–H and O–H groups in total. The number of carbonyl (C=O) groups excluding carboxylic acids is 1. The van der Waals surface area contributed by atoms with Crippen LogP contribution in [0.15, 0.2) is 0 Å². The summed E-state index contributed by atoms with van der Waals surface area (Å²) in [5.74, 6) is 0. The summed E-state index contributed by atoms with van der Waals surface area (Å²) in [6, 6.07) is 0.268. The van der Waals surface area contributed by atoms with Crippen LogP contribution in [-0.4, -0.2) is 54.0 Å². The summed E-state index contributed by atoms with van der Waals surface area (Å²) in [7, 11) is 0. The molecule has 0 aromatic carbocycles. The van der Waals surface area contributed by atoms with Crippen molar-refractivity contribution in [3.63, 3.8) is 0 Å². The maximum Gasteiger partial charge on any atom is 0.410 e. The molecule has 1 saturated heterocycles. The van der Waals surface area contributed by atoms with Crippen molar-refractivity contribution < 1.29 is 14.6 Å². The fourth-order valence-electron chi connectivity index (χ4n) is 3.10. The molecule has 1 atom stereocenters. The molecule has 0 aliphatic carbocycles. The number of nitrogens with zero attached hydrogens (tertiary/aromatic N) is 1. The van der Waals surface area contributed by atoms with E-state index in [2.05, 4.69) is 19.2 Å². The van der Waals surface area contributed by atoms with Gasteiger partial charge in [-0.1, -0.05) is 13.8 Å². The molecule has 1 aliphatic heterocycles. The number of likely N-dealkylation sites (tertiary alicyclic amines) is 1. The highest BCUT2D eigenvalue weighted by Gasteiger charge is 2.32. The third kappa shape index (κ3) is 6.30. The van der Waals surface area contributed by atoms with Crippen molar-refractivity contribution in [2.45, 2.75) is 78.4 Å². The van der Waals surface area contributed by atoms with E-state index in [1.165, 1.54) is 0 Å². The summed E-state index contributed by atoms with van der Waals surface area (Å²) < 4.78 is 5.50. The number of aliphatic hydroxyl groups excluding tert-OH is 1. The van der Waals surface area contributed by atoms with Gasteiger partial charge in [0.05, 0.1) is 0 Å². The molecule has 0 radical (unpaired) electrons. The van der Waals surface area contributed by atoms with Gasteiger partial charge in [-0.3, -0.25) is 0 Å². The first-order chi connectivity index (χ1) is 10.8. The lowest BCUT2D eigenvalue weighted by molar-refractivity contribution is 0.0220. The Morgan fingerprint density at radius 2 is 1.96 bits per heavy atom. The Hall–Kier alpha value is -0.810. The van der Waals surface area contributed by atoms with Gasteiger partial charge in [0.1, 0.15) is 5.60 Å². The topological polar surface area (TPSA) is 61.8 Å². The van der Waals surface area contributed by atoms with Crippen LogP contribution in [0, 0.1) is 5.41 Å². The quantitative estimate of drug-likeness (QED) is 0.672. The molecule has 0 bridgehead atoms. The van der Waals surface area contributed by atoms with Crippen LogP contribution >= 0.6 is 0 Å². The van der Waals surface area contributed by atoms with Gasteiger partial charge in [0, 0.05) is 31.2 Å². The van der Waals surface area contributed by atoms with Crippen molar-refractivity contribution in [2.75, 3.05) is 26.2 Å². The third-order valence-electron chi connectivity index (χ3n) is 4.99. The Morgan fingerprint density at radius 1 is 1.30 bits per heavy atom. The molecule has 136 valence electrons. The first kappa shape index (κ1) is 20.2. The average Bonchev–Trinajstić information content (AvgIpc) is 2.95. The summed E-state index contributed by atoms with van der Waals surface area (Å²) in [5, 5.41) is 13.1. The second-order valence-electron chi connectivity index (χ2n) is 7.80. The molecular formula is C18H36N2O3. The van der Waals surface area contributed by atoms with E-state index in [9.17, 15) is 9.90 Å². The maximum atomic E-state index is 12.3. The van der Waals surface area contributed by atoms with Crippen molar-refractivity contribution in [2.24, 2.45) is 5.41 Å². The van der Waals surface area contributed by atoms with E-state index in [-0.39, 0.29) is 24.2 Å². The van der Waals surface area contributed by atoms with E-state index in [1.54, 1.807) is 0 Å². The summed E-state index contributed by atoms with van der Waals surface area (Å²) in [6.07, 6.45) is 4.80. The average molecular weight is 328 g/mol. The highest BCUT2D eigenvalue weighted by Crippen LogP contribution is 2.25. The normalized spacial score (nSPS) is 19.2. The van der Waals surface area contributed by atoms with Crippen LogP contribution in [0.25, 0.3) is 0 Å². The van der Waals surface area contributed by atoms with Crippen molar-refractivity contribution in [1.82, 2.24) is 10.2 Å². The lowest BCUT2D eigenvalue weighted by Crippen LogP contribution is -2.42. The Labute approximate surface area is 141 Å². The Morgan fingerprint density at radius 3 is 2.48 bits per heavy atom. The monoisotopic (exact) mass is 328 g/mol. The highest BCUT2D eigenvalue weighted by molar-refractivity contribution is 5.68. The number of nitrogens with one attached hydrogen (secondary N) is 1. The van der Waals surface area contributed by atoms with Crippen LogP contribution in [0.2, 0.25) is 0 Å². The smallest absolute Gasteiger partial charge is 0.410 e. The summed E-state index contributed by atoms with van der Waals surface area (Å²) in [4.78, 5) is 14.1. The fraction of sp³-hybridized carbons (Fsp3) is 0.944. The van der Waals surface area contributed by atoms with Crippen LogP contribution < -0.4 is 5.32 Å². The van der Waals surface area contributed by atoms with E-state index in [4.69, 9.17) is 4.74 Å². The number of rotatable bonds is 8. The van der Waals surface area contributed by atoms with E-state index in [1.807, 2.05) is 25.7 Å². The van der Waals surface area contributed by atoms with Gasteiger partial charge in [0.15, 0.2) is 0 Å². The molecule has 1 aliphatic rings. The largest absolute Gasteiger partial charge is 0.444 e. The van der Waals surface area contributed by atoms with Gasteiger partial charge < -0.3 is 20.1 Å². The summed E-state index contributed by atoms with van der Waals surface area (Å²) in [5.41, 5.74) is -0.452. The molecule has 5 nitrogen and oxygen atoms in total. The summed E-state index contributed by atoms with van der Waals surface area (Å²) in [6.45, 7) is 12.7. The van der Waals surface area contributed by atoms with Crippen LogP contribution in [0.1, 0.15) is 66.7 Å². The molecule has 0 aromatic heterocycles. The summed E-state index contributed by atoms with van der Waals surface area (Å²) >= 11 is 0. The predicted molar refractivity (Wildman–Crippen MR) is 93.5 cm³/mol. The Bertz CT molecular complexity index is 354. The maximum absolute atomic E-state index is 12.3. The third-order valence-corrected chi connectivity index (χ3v) is 4.99. The predicted octanol–water partition coefficient (Wildman–Crippen LogP) is 3.16. The van der Waals surface area contributed by atoms with Crippen molar-refractivity contribution in [1.29, 1.82) is 0 Å². The van der Waals surface area contributed by atoms with E-state index in [0.717, 1.165) is 51.7 Å². The molecule has 0 saturated carbocycles. The molecule has 1 unspecified atom stereocenters. The van der Waals surface area contributed by atoms with Gasteiger partial charge in [0.2, 0.25) is 0 Å². The zero-order valence-corrected chi connectivity index (χ0v) is 15.7. The molecule has 0 aromatic rings. The standard InChI is InChI=1S/C18H36N2O3/c1-6-18(7-2,14-21)13-19-11-10-15-9-8-12-20(15)16(22)23-17(3,4)5/h15,19,21H,6-14H2,1-5H3. The number of ether oxygens (including phenoxy) is 1. The van der Waals surface area contributed by atoms with Crippen LogP contribution in [0.5, 0.6) is 0 Å². The van der Waals surface area contributed by atoms with Crippen LogP contribution in [0.4, 0.5) is 4.79 Å². The minimum absolute atomic E-state index is 0.0134. The lowest BCUT2D eigenvalue weighted by Gasteiger charge is -2.31. The molecule has 0 spiro atoms. The second-order valence-corrected chi connectivity index (χ2v) is 7.80. The molecule has 1 rings (SSSR count). The van der Waals surface area contributed by atoms with Crippen LogP contribution in [-0.2, 0) is 4.74 Å². The number of hydrogen-bond donors (Lipinski definition) is 2. The van der Waals surface area contributed by atoms with Gasteiger partial charge in [-0.2, -0.15) is 0 Å². The SMILES string of the molecule is CCC(CC)(CO)CNCCC1CCCN1C(=O)OC(C)(C)C. The molecule has 5 heteroatoms. The minimum atomic E-state index is -0.439. The van der Waals surface area contributed by atoms with Crippen LogP contribution in [0.3, 0.4) is 0 Å². The zero-order valence-electron chi connectivity index (χ0n) is 15.7. The lowest BCUT2D eigenvalue weighted by atomic mass is 9.83. The number of hydrogen-bond acceptors (Lipinski definition) is 4. The van der Waals surface area contributed by atoms with Crippen molar-refractivity contribution in [3.05, 3.63) is 0 Å². The molecule has 23 heavy (non-hydrogen) atoms. The van der Waals surface area contributed by atoms with Gasteiger partial charge >= 0.3 is 6.09 Å². The van der Waals surface area contributed by atoms with Crippen molar-refractivity contribution >= 4 is 6.09 Å².